The van der Waals surface area contributed by atoms with Crippen LogP contribution < -0.4 is 5.32 Å². The summed E-state index contributed by atoms with van der Waals surface area (Å²) in [5, 5.41) is 13.3. The second kappa shape index (κ2) is 5.63. The van der Waals surface area contributed by atoms with E-state index >= 15 is 0 Å². The van der Waals surface area contributed by atoms with E-state index in [1.54, 1.807) is 32.3 Å². The zero-order valence-corrected chi connectivity index (χ0v) is 11.1. The number of aromatic nitrogens is 1. The highest BCUT2D eigenvalue weighted by atomic mass is 32.1. The van der Waals surface area contributed by atoms with Gasteiger partial charge in [-0.3, -0.25) is 5.32 Å². The van der Waals surface area contributed by atoms with Crippen molar-refractivity contribution < 1.29 is 19.4 Å². The topological polar surface area (TPSA) is 88.5 Å². The molecule has 6 nitrogen and oxygen atoms in total. The summed E-state index contributed by atoms with van der Waals surface area (Å²) >= 11 is 1.27. The summed E-state index contributed by atoms with van der Waals surface area (Å²) in [4.78, 5) is 26.3. The van der Waals surface area contributed by atoms with Crippen molar-refractivity contribution in [2.24, 2.45) is 0 Å². The number of alkyl carbamates (subject to hydrolysis) is 1. The van der Waals surface area contributed by atoms with Crippen LogP contribution in [0.5, 0.6) is 0 Å². The van der Waals surface area contributed by atoms with Gasteiger partial charge in [-0.25, -0.2) is 14.6 Å². The third kappa shape index (κ3) is 4.96. The van der Waals surface area contributed by atoms with Crippen molar-refractivity contribution in [2.75, 3.05) is 0 Å². The van der Waals surface area contributed by atoms with Gasteiger partial charge in [0.15, 0.2) is 0 Å². The first kappa shape index (κ1) is 14.2. The first-order valence-corrected chi connectivity index (χ1v) is 6.00. The standard InChI is InChI=1S/C11H14N2O4S/c1-11(2,3)17-10(16)13-7(9(14)15)6-8-12-4-5-18-8/h4-6H,1-3H3,(H,13,16)(H,14,15)/b7-6-. The van der Waals surface area contributed by atoms with Crippen LogP contribution in [-0.2, 0) is 9.53 Å². The maximum Gasteiger partial charge on any atom is 0.412 e. The van der Waals surface area contributed by atoms with Crippen molar-refractivity contribution in [3.8, 4) is 0 Å². The first-order chi connectivity index (χ1) is 8.28. The summed E-state index contributed by atoms with van der Waals surface area (Å²) in [6.45, 7) is 5.08. The lowest BCUT2D eigenvalue weighted by molar-refractivity contribution is -0.133. The van der Waals surface area contributed by atoms with Crippen molar-refractivity contribution in [3.63, 3.8) is 0 Å². The molecule has 1 aromatic rings. The Morgan fingerprint density at radius 2 is 2.17 bits per heavy atom. The van der Waals surface area contributed by atoms with Gasteiger partial charge in [0.2, 0.25) is 0 Å². The van der Waals surface area contributed by atoms with E-state index in [4.69, 9.17) is 9.84 Å². The van der Waals surface area contributed by atoms with Gasteiger partial charge in [0.05, 0.1) is 0 Å². The van der Waals surface area contributed by atoms with E-state index in [1.807, 2.05) is 0 Å². The van der Waals surface area contributed by atoms with Gasteiger partial charge in [-0.1, -0.05) is 0 Å². The van der Waals surface area contributed by atoms with Gasteiger partial charge in [-0.2, -0.15) is 0 Å². The Balaban J connectivity index is 2.76. The van der Waals surface area contributed by atoms with Crippen molar-refractivity contribution in [2.45, 2.75) is 26.4 Å². The fraction of sp³-hybridized carbons (Fsp3) is 0.364. The number of nitrogens with one attached hydrogen (secondary N) is 1. The maximum atomic E-state index is 11.4. The van der Waals surface area contributed by atoms with Crippen molar-refractivity contribution in [3.05, 3.63) is 22.3 Å². The Kier molecular flexibility index (Phi) is 4.43. The number of hydrogen-bond donors (Lipinski definition) is 2. The number of amides is 1. The van der Waals surface area contributed by atoms with Crippen LogP contribution in [0.2, 0.25) is 0 Å². The number of nitrogens with zero attached hydrogens (tertiary/aromatic N) is 1. The number of rotatable bonds is 3. The molecule has 1 heterocycles. The van der Waals surface area contributed by atoms with Crippen molar-refractivity contribution in [1.82, 2.24) is 10.3 Å². The molecule has 0 aliphatic carbocycles. The van der Waals surface area contributed by atoms with Crippen LogP contribution in [0.25, 0.3) is 6.08 Å². The molecule has 0 saturated heterocycles. The van der Waals surface area contributed by atoms with Crippen LogP contribution in [0.4, 0.5) is 4.79 Å². The lowest BCUT2D eigenvalue weighted by Crippen LogP contribution is -2.34. The molecule has 0 aliphatic rings. The van der Waals surface area contributed by atoms with Crippen LogP contribution in [0, 0.1) is 0 Å². The molecule has 0 spiro atoms. The first-order valence-electron chi connectivity index (χ1n) is 5.12. The molecule has 0 radical (unpaired) electrons. The number of ether oxygens (including phenoxy) is 1. The molecule has 1 aromatic heterocycles. The highest BCUT2D eigenvalue weighted by Gasteiger charge is 2.19. The predicted octanol–water partition coefficient (Wildman–Crippen LogP) is 2.09. The van der Waals surface area contributed by atoms with Crippen LogP contribution >= 0.6 is 11.3 Å². The Hall–Kier alpha value is -1.89. The largest absolute Gasteiger partial charge is 0.477 e. The molecule has 0 atom stereocenters. The smallest absolute Gasteiger partial charge is 0.412 e. The number of hydrogen-bond acceptors (Lipinski definition) is 5. The monoisotopic (exact) mass is 270 g/mol. The van der Waals surface area contributed by atoms with Crippen LogP contribution in [0.15, 0.2) is 17.3 Å². The lowest BCUT2D eigenvalue weighted by atomic mass is 10.2. The van der Waals surface area contributed by atoms with E-state index in [0.29, 0.717) is 5.01 Å². The summed E-state index contributed by atoms with van der Waals surface area (Å²) in [6, 6.07) is 0. The summed E-state index contributed by atoms with van der Waals surface area (Å²) in [5.74, 6) is -1.25. The molecule has 2 N–H and O–H groups in total. The van der Waals surface area contributed by atoms with Gasteiger partial charge in [0.1, 0.15) is 16.3 Å². The van der Waals surface area contributed by atoms with Crippen molar-refractivity contribution >= 4 is 29.5 Å². The molecular weight excluding hydrogens is 256 g/mol. The Bertz CT molecular complexity index is 460. The van der Waals surface area contributed by atoms with Crippen LogP contribution in [-0.4, -0.2) is 27.8 Å². The highest BCUT2D eigenvalue weighted by Crippen LogP contribution is 2.10. The fourth-order valence-corrected chi connectivity index (χ4v) is 1.56. The zero-order chi connectivity index (χ0) is 13.8. The van der Waals surface area contributed by atoms with Gasteiger partial charge in [0.25, 0.3) is 0 Å². The van der Waals surface area contributed by atoms with Gasteiger partial charge in [-0.15, -0.1) is 11.3 Å². The fourth-order valence-electron chi connectivity index (χ4n) is 0.994. The predicted molar refractivity (Wildman–Crippen MR) is 67.1 cm³/mol. The minimum Gasteiger partial charge on any atom is -0.477 e. The Morgan fingerprint density at radius 3 is 2.61 bits per heavy atom. The van der Waals surface area contributed by atoms with E-state index in [1.165, 1.54) is 17.4 Å². The number of carboxylic acid groups (broad SMARTS) is 1. The molecule has 1 amide bonds. The Morgan fingerprint density at radius 1 is 1.50 bits per heavy atom. The summed E-state index contributed by atoms with van der Waals surface area (Å²) in [7, 11) is 0. The van der Waals surface area contributed by atoms with E-state index in [0.717, 1.165) is 0 Å². The van der Waals surface area contributed by atoms with Crippen LogP contribution in [0.1, 0.15) is 25.8 Å². The van der Waals surface area contributed by atoms with E-state index < -0.39 is 17.7 Å². The van der Waals surface area contributed by atoms with Crippen LogP contribution in [0.3, 0.4) is 0 Å². The number of carbonyl (C=O) groups excluding carboxylic acids is 1. The van der Waals surface area contributed by atoms with Gasteiger partial charge < -0.3 is 9.84 Å². The number of carboxylic acids is 1. The van der Waals surface area contributed by atoms with E-state index in [2.05, 4.69) is 10.3 Å². The molecule has 1 rings (SSSR count). The Labute approximate surface area is 108 Å². The average Bonchev–Trinajstić information content (AvgIpc) is 2.66. The summed E-state index contributed by atoms with van der Waals surface area (Å²) in [5.41, 5.74) is -0.964. The zero-order valence-electron chi connectivity index (χ0n) is 10.3. The summed E-state index contributed by atoms with van der Waals surface area (Å²) in [6.07, 6.45) is 2.01. The molecular formula is C11H14N2O4S. The molecule has 98 valence electrons. The number of aliphatic carboxylic acids is 1. The van der Waals surface area contributed by atoms with E-state index in [9.17, 15) is 9.59 Å². The normalized spacial score (nSPS) is 12.1. The maximum absolute atomic E-state index is 11.4. The van der Waals surface area contributed by atoms with Gasteiger partial charge in [0, 0.05) is 17.7 Å². The third-order valence-corrected chi connectivity index (χ3v) is 2.31. The molecule has 0 unspecified atom stereocenters. The third-order valence-electron chi connectivity index (χ3n) is 1.59. The quantitative estimate of drug-likeness (QED) is 0.821. The SMILES string of the molecule is CC(C)(C)OC(=O)N/C(=C\c1nccs1)C(=O)O. The molecule has 0 bridgehead atoms. The van der Waals surface area contributed by atoms with Crippen molar-refractivity contribution in [1.29, 1.82) is 0 Å². The number of carbonyl (C=O) groups is 2. The highest BCUT2D eigenvalue weighted by molar-refractivity contribution is 7.10. The molecule has 18 heavy (non-hydrogen) atoms. The average molecular weight is 270 g/mol. The second-order valence-electron chi connectivity index (χ2n) is 4.36. The molecule has 0 aromatic carbocycles. The second-order valence-corrected chi connectivity index (χ2v) is 5.29. The minimum atomic E-state index is -1.25. The molecule has 0 aliphatic heterocycles. The minimum absolute atomic E-state index is 0.279. The van der Waals surface area contributed by atoms with Gasteiger partial charge in [-0.05, 0) is 20.8 Å². The number of thiazole rings is 1. The summed E-state index contributed by atoms with van der Waals surface area (Å²) < 4.78 is 4.97. The molecule has 7 heteroatoms. The van der Waals surface area contributed by atoms with E-state index in [-0.39, 0.29) is 5.70 Å². The lowest BCUT2D eigenvalue weighted by Gasteiger charge is -2.19. The molecule has 0 fully saturated rings. The van der Waals surface area contributed by atoms with Gasteiger partial charge >= 0.3 is 12.1 Å². The molecule has 0 saturated carbocycles.